The van der Waals surface area contributed by atoms with Gasteiger partial charge in [-0.05, 0) is 12.1 Å². The molecule has 0 bridgehead atoms. The monoisotopic (exact) mass is 162 g/mol. The van der Waals surface area contributed by atoms with Crippen molar-refractivity contribution in [3.8, 4) is 0 Å². The summed E-state index contributed by atoms with van der Waals surface area (Å²) in [5.74, 6) is -0.198. The number of pyridine rings is 1. The Morgan fingerprint density at radius 1 is 1.25 bits per heavy atom. The standard InChI is InChI=1S/C10H9FN/c1-12-7-9(11)6-8-4-2-3-5-10(8)12/h2-7H,1H3/q+1. The molecule has 0 radical (unpaired) electrons. The summed E-state index contributed by atoms with van der Waals surface area (Å²) < 4.78 is 14.7. The molecular formula is C10H9FN+. The van der Waals surface area contributed by atoms with E-state index in [1.807, 2.05) is 31.3 Å². The Morgan fingerprint density at radius 3 is 2.83 bits per heavy atom. The topological polar surface area (TPSA) is 3.88 Å². The molecule has 0 N–H and O–H groups in total. The van der Waals surface area contributed by atoms with E-state index in [9.17, 15) is 4.39 Å². The first kappa shape index (κ1) is 7.22. The van der Waals surface area contributed by atoms with Crippen LogP contribution < -0.4 is 4.57 Å². The Bertz CT molecular complexity index is 423. The maximum Gasteiger partial charge on any atom is 0.212 e. The molecule has 1 aromatic carbocycles. The van der Waals surface area contributed by atoms with Gasteiger partial charge in [-0.2, -0.15) is 4.57 Å². The second kappa shape index (κ2) is 2.55. The number of hydrogen-bond acceptors (Lipinski definition) is 0. The van der Waals surface area contributed by atoms with Crippen LogP contribution in [0.15, 0.2) is 36.5 Å². The summed E-state index contributed by atoms with van der Waals surface area (Å²) in [4.78, 5) is 0. The number of aryl methyl sites for hydroxylation is 1. The fraction of sp³-hybridized carbons (Fsp3) is 0.100. The molecule has 12 heavy (non-hydrogen) atoms. The fourth-order valence-electron chi connectivity index (χ4n) is 1.37. The lowest BCUT2D eigenvalue weighted by Gasteiger charge is -1.95. The van der Waals surface area contributed by atoms with Gasteiger partial charge in [0.2, 0.25) is 11.7 Å². The van der Waals surface area contributed by atoms with E-state index in [1.54, 1.807) is 4.57 Å². The first-order valence-corrected chi connectivity index (χ1v) is 3.81. The molecule has 1 heterocycles. The summed E-state index contributed by atoms with van der Waals surface area (Å²) in [6, 6.07) is 9.25. The van der Waals surface area contributed by atoms with Crippen molar-refractivity contribution in [1.82, 2.24) is 0 Å². The van der Waals surface area contributed by atoms with E-state index in [0.717, 1.165) is 10.9 Å². The molecule has 0 aliphatic heterocycles. The molecule has 0 aliphatic rings. The van der Waals surface area contributed by atoms with Crippen molar-refractivity contribution >= 4 is 10.9 Å². The Hall–Kier alpha value is -1.44. The van der Waals surface area contributed by atoms with Crippen LogP contribution in [0.2, 0.25) is 0 Å². The average Bonchev–Trinajstić information content (AvgIpc) is 2.04. The maximum atomic E-state index is 12.9. The zero-order valence-electron chi connectivity index (χ0n) is 6.79. The molecule has 2 rings (SSSR count). The van der Waals surface area contributed by atoms with Gasteiger partial charge in [0, 0.05) is 11.5 Å². The van der Waals surface area contributed by atoms with Crippen LogP contribution in [0.4, 0.5) is 4.39 Å². The normalized spacial score (nSPS) is 10.5. The zero-order valence-corrected chi connectivity index (χ0v) is 6.79. The van der Waals surface area contributed by atoms with Gasteiger partial charge in [0.15, 0.2) is 5.82 Å². The van der Waals surface area contributed by atoms with Gasteiger partial charge < -0.3 is 0 Å². The molecule has 0 spiro atoms. The van der Waals surface area contributed by atoms with Crippen LogP contribution in [-0.2, 0) is 7.05 Å². The van der Waals surface area contributed by atoms with Gasteiger partial charge >= 0.3 is 0 Å². The van der Waals surface area contributed by atoms with Gasteiger partial charge in [-0.15, -0.1) is 0 Å². The van der Waals surface area contributed by atoms with E-state index in [0.29, 0.717) is 0 Å². The Balaban J connectivity index is 2.89. The van der Waals surface area contributed by atoms with Crippen molar-refractivity contribution in [3.05, 3.63) is 42.3 Å². The van der Waals surface area contributed by atoms with E-state index in [1.165, 1.54) is 12.3 Å². The predicted molar refractivity (Wildman–Crippen MR) is 45.1 cm³/mol. The van der Waals surface area contributed by atoms with Crippen LogP contribution in [0.1, 0.15) is 0 Å². The molecule has 1 aromatic heterocycles. The fourth-order valence-corrected chi connectivity index (χ4v) is 1.37. The van der Waals surface area contributed by atoms with E-state index < -0.39 is 0 Å². The average molecular weight is 162 g/mol. The first-order chi connectivity index (χ1) is 5.77. The minimum atomic E-state index is -0.198. The largest absolute Gasteiger partial charge is 0.212 e. The third-order valence-corrected chi connectivity index (χ3v) is 1.93. The zero-order chi connectivity index (χ0) is 8.55. The predicted octanol–water partition coefficient (Wildman–Crippen LogP) is 1.80. The van der Waals surface area contributed by atoms with Gasteiger partial charge in [0.25, 0.3) is 0 Å². The van der Waals surface area contributed by atoms with Crippen LogP contribution in [0.3, 0.4) is 0 Å². The number of benzene rings is 1. The highest BCUT2D eigenvalue weighted by atomic mass is 19.1. The van der Waals surface area contributed by atoms with Crippen LogP contribution >= 0.6 is 0 Å². The number of aromatic nitrogens is 1. The van der Waals surface area contributed by atoms with E-state index in [4.69, 9.17) is 0 Å². The summed E-state index contributed by atoms with van der Waals surface area (Å²) in [6.45, 7) is 0. The molecule has 1 nitrogen and oxygen atoms in total. The molecule has 0 unspecified atom stereocenters. The van der Waals surface area contributed by atoms with Crippen molar-refractivity contribution in [1.29, 1.82) is 0 Å². The van der Waals surface area contributed by atoms with E-state index >= 15 is 0 Å². The van der Waals surface area contributed by atoms with Gasteiger partial charge in [-0.25, -0.2) is 4.39 Å². The quantitative estimate of drug-likeness (QED) is 0.520. The molecule has 0 atom stereocenters. The lowest BCUT2D eigenvalue weighted by Crippen LogP contribution is -2.28. The van der Waals surface area contributed by atoms with Crippen LogP contribution in [0.25, 0.3) is 10.9 Å². The number of fused-ring (bicyclic) bond motifs is 1. The minimum Gasteiger partial charge on any atom is -0.200 e. The second-order valence-corrected chi connectivity index (χ2v) is 2.83. The number of para-hydroxylation sites is 1. The van der Waals surface area contributed by atoms with E-state index in [-0.39, 0.29) is 5.82 Å². The highest BCUT2D eigenvalue weighted by Gasteiger charge is 2.05. The summed E-state index contributed by atoms with van der Waals surface area (Å²) in [5.41, 5.74) is 1.04. The van der Waals surface area contributed by atoms with Crippen LogP contribution in [0, 0.1) is 5.82 Å². The van der Waals surface area contributed by atoms with Crippen molar-refractivity contribution in [2.24, 2.45) is 7.05 Å². The minimum absolute atomic E-state index is 0.198. The SMILES string of the molecule is C[n+]1cc(F)cc2ccccc21. The van der Waals surface area contributed by atoms with Gasteiger partial charge in [0.1, 0.15) is 7.05 Å². The molecule has 2 aromatic rings. The number of rotatable bonds is 0. The Labute approximate surface area is 70.1 Å². The number of nitrogens with zero attached hydrogens (tertiary/aromatic N) is 1. The summed E-state index contributed by atoms with van der Waals surface area (Å²) in [6.07, 6.45) is 1.47. The molecular weight excluding hydrogens is 153 g/mol. The molecule has 2 heteroatoms. The second-order valence-electron chi connectivity index (χ2n) is 2.83. The summed E-state index contributed by atoms with van der Waals surface area (Å²) in [7, 11) is 1.84. The summed E-state index contributed by atoms with van der Waals surface area (Å²) >= 11 is 0. The molecule has 60 valence electrons. The van der Waals surface area contributed by atoms with Gasteiger partial charge in [-0.1, -0.05) is 12.1 Å². The maximum absolute atomic E-state index is 12.9. The molecule has 0 aliphatic carbocycles. The Kier molecular flexibility index (Phi) is 1.54. The third-order valence-electron chi connectivity index (χ3n) is 1.93. The first-order valence-electron chi connectivity index (χ1n) is 3.81. The molecule has 0 saturated carbocycles. The summed E-state index contributed by atoms with van der Waals surface area (Å²) in [5, 5.41) is 0.931. The van der Waals surface area contributed by atoms with Gasteiger partial charge in [0.05, 0.1) is 0 Å². The highest BCUT2D eigenvalue weighted by molar-refractivity contribution is 5.75. The number of halogens is 1. The third kappa shape index (κ3) is 1.05. The van der Waals surface area contributed by atoms with Crippen LogP contribution in [0.5, 0.6) is 0 Å². The lowest BCUT2D eigenvalue weighted by atomic mass is 10.2. The number of hydrogen-bond donors (Lipinski definition) is 0. The smallest absolute Gasteiger partial charge is 0.200 e. The lowest BCUT2D eigenvalue weighted by molar-refractivity contribution is -0.646. The van der Waals surface area contributed by atoms with Crippen LogP contribution in [-0.4, -0.2) is 0 Å². The highest BCUT2D eigenvalue weighted by Crippen LogP contribution is 2.09. The Morgan fingerprint density at radius 2 is 2.00 bits per heavy atom. The van der Waals surface area contributed by atoms with Gasteiger partial charge in [-0.3, -0.25) is 0 Å². The van der Waals surface area contributed by atoms with Crippen molar-refractivity contribution < 1.29 is 8.96 Å². The molecule has 0 fully saturated rings. The molecule has 0 amide bonds. The molecule has 0 saturated heterocycles. The van der Waals surface area contributed by atoms with Crippen molar-refractivity contribution in [2.45, 2.75) is 0 Å². The van der Waals surface area contributed by atoms with E-state index in [2.05, 4.69) is 0 Å². The van der Waals surface area contributed by atoms with Crippen molar-refractivity contribution in [3.63, 3.8) is 0 Å². The van der Waals surface area contributed by atoms with Crippen molar-refractivity contribution in [2.75, 3.05) is 0 Å².